The van der Waals surface area contributed by atoms with Gasteiger partial charge in [-0.2, -0.15) is 0 Å². The van der Waals surface area contributed by atoms with E-state index >= 15 is 0 Å². The lowest BCUT2D eigenvalue weighted by Crippen LogP contribution is -2.52. The SMILES string of the molecule is C=CC[C@H](OC(=O)C[C@H](O[Si](C)(C)C(C)(C)C)C(C)(C)C(=O)[C@H](C)[C@@H](C)[C@@H](C)CCCC(=C)C)/C(C)=C/c1csc(C)n1. The summed E-state index contributed by atoms with van der Waals surface area (Å²) in [7, 11) is -2.33. The van der Waals surface area contributed by atoms with Gasteiger partial charge < -0.3 is 9.16 Å². The number of aromatic nitrogens is 1. The van der Waals surface area contributed by atoms with Gasteiger partial charge in [0.05, 0.1) is 23.2 Å². The first kappa shape index (κ1) is 39.2. The maximum Gasteiger partial charge on any atom is 0.309 e. The molecule has 0 aliphatic rings. The van der Waals surface area contributed by atoms with E-state index in [4.69, 9.17) is 9.16 Å². The molecule has 0 fully saturated rings. The average Bonchev–Trinajstić information content (AvgIpc) is 3.29. The molecule has 0 N–H and O–H groups in total. The number of carbonyl (C=O) groups excluding carboxylic acids is 2. The fourth-order valence-corrected chi connectivity index (χ4v) is 7.06. The molecule has 5 nitrogen and oxygen atoms in total. The Balaban J connectivity index is 3.27. The zero-order valence-electron chi connectivity index (χ0n) is 29.6. The van der Waals surface area contributed by atoms with Crippen molar-refractivity contribution in [2.24, 2.45) is 23.2 Å². The number of rotatable bonds is 18. The van der Waals surface area contributed by atoms with E-state index in [2.05, 4.69) is 72.8 Å². The summed E-state index contributed by atoms with van der Waals surface area (Å²) in [6.45, 7) is 35.1. The molecule has 1 heterocycles. The number of ether oxygens (including phenoxy) is 1. The van der Waals surface area contributed by atoms with Crippen LogP contribution in [0.1, 0.15) is 112 Å². The molecule has 0 aliphatic carbocycles. The van der Waals surface area contributed by atoms with Gasteiger partial charge in [-0.05, 0) is 75.2 Å². The Morgan fingerprint density at radius 1 is 1.12 bits per heavy atom. The van der Waals surface area contributed by atoms with Crippen LogP contribution in [0.3, 0.4) is 0 Å². The molecule has 1 aromatic heterocycles. The summed E-state index contributed by atoms with van der Waals surface area (Å²) in [5, 5.41) is 2.90. The molecule has 0 amide bonds. The first-order valence-electron chi connectivity index (χ1n) is 15.9. The van der Waals surface area contributed by atoms with Crippen LogP contribution in [0.2, 0.25) is 18.1 Å². The molecule has 43 heavy (non-hydrogen) atoms. The first-order chi connectivity index (χ1) is 19.6. The Labute approximate surface area is 268 Å². The summed E-state index contributed by atoms with van der Waals surface area (Å²) in [5.74, 6) is 0.205. The van der Waals surface area contributed by atoms with Crippen molar-refractivity contribution in [3.63, 3.8) is 0 Å². The van der Waals surface area contributed by atoms with Gasteiger partial charge in [-0.25, -0.2) is 4.98 Å². The van der Waals surface area contributed by atoms with Crippen LogP contribution in [0, 0.1) is 30.1 Å². The molecular weight excluding hydrogens is 571 g/mol. The van der Waals surface area contributed by atoms with Gasteiger partial charge in [0.1, 0.15) is 11.9 Å². The summed E-state index contributed by atoms with van der Waals surface area (Å²) in [6, 6.07) is 0. The molecule has 1 aromatic rings. The van der Waals surface area contributed by atoms with Crippen LogP contribution in [0.4, 0.5) is 0 Å². The molecule has 0 saturated heterocycles. The van der Waals surface area contributed by atoms with E-state index in [1.165, 1.54) is 5.57 Å². The van der Waals surface area contributed by atoms with Crippen molar-refractivity contribution in [2.75, 3.05) is 0 Å². The number of hydrogen-bond donors (Lipinski definition) is 0. The number of hydrogen-bond acceptors (Lipinski definition) is 6. The normalized spacial score (nSPS) is 16.6. The number of Topliss-reactive ketones (excluding diaryl/α,β-unsaturated/α-hetero) is 1. The van der Waals surface area contributed by atoms with Gasteiger partial charge in [-0.1, -0.05) is 73.5 Å². The number of ketones is 1. The number of allylic oxidation sites excluding steroid dienone is 1. The molecule has 5 atom stereocenters. The minimum Gasteiger partial charge on any atom is -0.457 e. The van der Waals surface area contributed by atoms with Crippen LogP contribution in [0.15, 0.2) is 35.8 Å². The molecule has 7 heteroatoms. The van der Waals surface area contributed by atoms with Gasteiger partial charge in [0.15, 0.2) is 8.32 Å². The Bertz CT molecular complexity index is 1130. The second-order valence-electron chi connectivity index (χ2n) is 14.8. The molecule has 0 saturated carbocycles. The predicted molar refractivity (Wildman–Crippen MR) is 187 cm³/mol. The summed E-state index contributed by atoms with van der Waals surface area (Å²) in [5.41, 5.74) is 2.07. The molecule has 0 aliphatic heterocycles. The molecule has 1 rings (SSSR count). The van der Waals surface area contributed by atoms with Crippen molar-refractivity contribution in [3.05, 3.63) is 46.5 Å². The van der Waals surface area contributed by atoms with Gasteiger partial charge in [-0.15, -0.1) is 24.5 Å². The number of nitrogens with zero attached hydrogens (tertiary/aromatic N) is 1. The third-order valence-corrected chi connectivity index (χ3v) is 14.9. The van der Waals surface area contributed by atoms with Crippen LogP contribution < -0.4 is 0 Å². The van der Waals surface area contributed by atoms with Crippen molar-refractivity contribution < 1.29 is 18.8 Å². The van der Waals surface area contributed by atoms with E-state index in [0.717, 1.165) is 35.5 Å². The third kappa shape index (κ3) is 11.9. The van der Waals surface area contributed by atoms with E-state index in [1.54, 1.807) is 17.4 Å². The van der Waals surface area contributed by atoms with E-state index in [0.29, 0.717) is 12.3 Å². The zero-order chi connectivity index (χ0) is 33.3. The van der Waals surface area contributed by atoms with E-state index in [9.17, 15) is 9.59 Å². The molecule has 0 aromatic carbocycles. The van der Waals surface area contributed by atoms with Crippen LogP contribution in [-0.2, 0) is 18.8 Å². The summed E-state index contributed by atoms with van der Waals surface area (Å²) in [6.07, 6.45) is 6.32. The van der Waals surface area contributed by atoms with Crippen LogP contribution in [0.25, 0.3) is 6.08 Å². The minimum atomic E-state index is -2.33. The Morgan fingerprint density at radius 2 is 1.72 bits per heavy atom. The second-order valence-corrected chi connectivity index (χ2v) is 20.6. The van der Waals surface area contributed by atoms with Crippen molar-refractivity contribution in [2.45, 2.75) is 139 Å². The lowest BCUT2D eigenvalue weighted by Gasteiger charge is -2.44. The van der Waals surface area contributed by atoms with Gasteiger partial charge >= 0.3 is 5.97 Å². The minimum absolute atomic E-state index is 0.0112. The monoisotopic (exact) mass is 631 g/mol. The van der Waals surface area contributed by atoms with Gasteiger partial charge in [-0.3, -0.25) is 9.59 Å². The quantitative estimate of drug-likeness (QED) is 0.0916. The van der Waals surface area contributed by atoms with Gasteiger partial charge in [0, 0.05) is 23.1 Å². The fourth-order valence-electron chi connectivity index (χ4n) is 5.05. The second kappa shape index (κ2) is 16.5. The molecule has 244 valence electrons. The Hall–Kier alpha value is -1.83. The topological polar surface area (TPSA) is 65.5 Å². The smallest absolute Gasteiger partial charge is 0.309 e. The standard InChI is InChI=1S/C36H61NO4SSi/c1-16-18-31(26(5)21-30-23-42-29(8)37-30)40-33(38)22-32(41-43(14,15)35(9,10)11)36(12,13)34(39)28(7)27(6)25(4)20-17-19-24(2)3/h16,21,23,25,27-28,31-32H,1-2,17-20,22H2,3-15H3/b26-21+/t25-,27-,28+,31-,32-/m0/s1. The van der Waals surface area contributed by atoms with Crippen LogP contribution in [-0.4, -0.2) is 37.3 Å². The Morgan fingerprint density at radius 3 is 2.21 bits per heavy atom. The Kier molecular flexibility index (Phi) is 15.0. The molecule has 0 unspecified atom stereocenters. The van der Waals surface area contributed by atoms with Crippen molar-refractivity contribution in [1.82, 2.24) is 4.98 Å². The molecule has 0 spiro atoms. The number of esters is 1. The van der Waals surface area contributed by atoms with E-state index in [1.807, 2.05) is 46.1 Å². The van der Waals surface area contributed by atoms with Gasteiger partial charge in [0.25, 0.3) is 0 Å². The largest absolute Gasteiger partial charge is 0.457 e. The maximum absolute atomic E-state index is 14.2. The highest BCUT2D eigenvalue weighted by Crippen LogP contribution is 2.42. The summed E-state index contributed by atoms with van der Waals surface area (Å²) in [4.78, 5) is 32.4. The number of aryl methyl sites for hydroxylation is 1. The van der Waals surface area contributed by atoms with Crippen LogP contribution in [0.5, 0.6) is 0 Å². The van der Waals surface area contributed by atoms with Crippen molar-refractivity contribution >= 4 is 37.5 Å². The highest BCUT2D eigenvalue weighted by atomic mass is 32.1. The fraction of sp³-hybridized carbons (Fsp3) is 0.694. The predicted octanol–water partition coefficient (Wildman–Crippen LogP) is 10.4. The van der Waals surface area contributed by atoms with Crippen molar-refractivity contribution in [1.29, 1.82) is 0 Å². The van der Waals surface area contributed by atoms with Crippen molar-refractivity contribution in [3.8, 4) is 0 Å². The first-order valence-corrected chi connectivity index (χ1v) is 19.7. The lowest BCUT2D eigenvalue weighted by atomic mass is 9.70. The zero-order valence-corrected chi connectivity index (χ0v) is 31.4. The highest BCUT2D eigenvalue weighted by Gasteiger charge is 2.48. The summed E-state index contributed by atoms with van der Waals surface area (Å²) >= 11 is 1.59. The molecular formula is C36H61NO4SSi. The third-order valence-electron chi connectivity index (χ3n) is 9.57. The number of carbonyl (C=O) groups is 2. The van der Waals surface area contributed by atoms with Gasteiger partial charge in [0.2, 0.25) is 0 Å². The highest BCUT2D eigenvalue weighted by molar-refractivity contribution is 7.09. The maximum atomic E-state index is 14.2. The van der Waals surface area contributed by atoms with E-state index in [-0.39, 0.29) is 35.0 Å². The molecule has 0 bridgehead atoms. The van der Waals surface area contributed by atoms with E-state index < -0.39 is 25.9 Å². The lowest BCUT2D eigenvalue weighted by molar-refractivity contribution is -0.153. The van der Waals surface area contributed by atoms with Crippen LogP contribution >= 0.6 is 11.3 Å². The molecule has 0 radical (unpaired) electrons. The summed E-state index contributed by atoms with van der Waals surface area (Å²) < 4.78 is 13.0. The number of thiazole rings is 1. The average molecular weight is 632 g/mol.